The van der Waals surface area contributed by atoms with Crippen LogP contribution in [-0.2, 0) is 10.3 Å². The molecule has 0 unspecified atom stereocenters. The fourth-order valence-corrected chi connectivity index (χ4v) is 1.73. The molecule has 3 nitrogen and oxygen atoms in total. The number of nitrogens with two attached hydrogens (primary N) is 1. The van der Waals surface area contributed by atoms with Crippen LogP contribution in [0.15, 0.2) is 24.3 Å². The maximum absolute atomic E-state index is 8.66. The van der Waals surface area contributed by atoms with Crippen LogP contribution < -0.4 is 5.90 Å². The van der Waals surface area contributed by atoms with E-state index in [9.17, 15) is 0 Å². The van der Waals surface area contributed by atoms with Crippen molar-refractivity contribution in [3.63, 3.8) is 0 Å². The molecule has 0 amide bonds. The van der Waals surface area contributed by atoms with Crippen molar-refractivity contribution in [2.75, 3.05) is 6.61 Å². The van der Waals surface area contributed by atoms with Crippen LogP contribution in [0.5, 0.6) is 0 Å². The van der Waals surface area contributed by atoms with Crippen molar-refractivity contribution < 1.29 is 4.84 Å². The average Bonchev–Trinajstić information content (AvgIpc) is 3.00. The highest BCUT2D eigenvalue weighted by Crippen LogP contribution is 2.48. The molecule has 0 heterocycles. The number of rotatable bonds is 3. The minimum atomic E-state index is 0.128. The summed E-state index contributed by atoms with van der Waals surface area (Å²) in [4.78, 5) is 4.72. The monoisotopic (exact) mass is 188 g/mol. The van der Waals surface area contributed by atoms with Crippen LogP contribution >= 0.6 is 0 Å². The molecular weight excluding hydrogens is 176 g/mol. The van der Waals surface area contributed by atoms with Crippen LogP contribution in [-0.4, -0.2) is 6.61 Å². The van der Waals surface area contributed by atoms with Crippen LogP contribution in [0.1, 0.15) is 24.0 Å². The van der Waals surface area contributed by atoms with Gasteiger partial charge in [-0.15, -0.1) is 0 Å². The van der Waals surface area contributed by atoms with Gasteiger partial charge in [-0.3, -0.25) is 0 Å². The van der Waals surface area contributed by atoms with E-state index in [0.717, 1.165) is 12.8 Å². The normalized spacial score (nSPS) is 17.4. The molecule has 0 aromatic heterocycles. The van der Waals surface area contributed by atoms with Gasteiger partial charge < -0.3 is 4.84 Å². The highest BCUT2D eigenvalue weighted by Gasteiger charge is 2.44. The zero-order chi connectivity index (χ0) is 10.0. The van der Waals surface area contributed by atoms with E-state index in [4.69, 9.17) is 16.0 Å². The van der Waals surface area contributed by atoms with Gasteiger partial charge in [-0.2, -0.15) is 5.26 Å². The van der Waals surface area contributed by atoms with Gasteiger partial charge in [0.15, 0.2) is 0 Å². The van der Waals surface area contributed by atoms with Crippen LogP contribution in [0.25, 0.3) is 0 Å². The second-order valence-corrected chi connectivity index (χ2v) is 3.78. The predicted molar refractivity (Wildman–Crippen MR) is 52.2 cm³/mol. The quantitative estimate of drug-likeness (QED) is 0.731. The summed E-state index contributed by atoms with van der Waals surface area (Å²) in [5.74, 6) is 5.10. The van der Waals surface area contributed by atoms with Crippen LogP contribution in [0.3, 0.4) is 0 Å². The van der Waals surface area contributed by atoms with Gasteiger partial charge in [-0.1, -0.05) is 12.1 Å². The molecule has 1 aromatic carbocycles. The van der Waals surface area contributed by atoms with E-state index in [0.29, 0.717) is 12.2 Å². The minimum Gasteiger partial charge on any atom is -0.304 e. The van der Waals surface area contributed by atoms with E-state index in [2.05, 4.69) is 6.07 Å². The van der Waals surface area contributed by atoms with Gasteiger partial charge in [0.2, 0.25) is 0 Å². The van der Waals surface area contributed by atoms with Gasteiger partial charge in [0.25, 0.3) is 0 Å². The van der Waals surface area contributed by atoms with Gasteiger partial charge in [-0.25, -0.2) is 5.90 Å². The number of hydrogen-bond donors (Lipinski definition) is 1. The van der Waals surface area contributed by atoms with Gasteiger partial charge in [0.05, 0.1) is 18.2 Å². The van der Waals surface area contributed by atoms with E-state index < -0.39 is 0 Å². The van der Waals surface area contributed by atoms with E-state index in [1.807, 2.05) is 24.3 Å². The van der Waals surface area contributed by atoms with Crippen molar-refractivity contribution in [3.8, 4) is 6.07 Å². The Labute approximate surface area is 83.1 Å². The molecule has 1 aromatic rings. The van der Waals surface area contributed by atoms with Crippen molar-refractivity contribution in [2.24, 2.45) is 5.90 Å². The number of nitriles is 1. The summed E-state index contributed by atoms with van der Waals surface area (Å²) in [5, 5.41) is 8.66. The summed E-state index contributed by atoms with van der Waals surface area (Å²) in [5.41, 5.74) is 2.04. The summed E-state index contributed by atoms with van der Waals surface area (Å²) in [6, 6.07) is 9.76. The fraction of sp³-hybridized carbons (Fsp3) is 0.364. The second-order valence-electron chi connectivity index (χ2n) is 3.78. The van der Waals surface area contributed by atoms with Crippen LogP contribution in [0.2, 0.25) is 0 Å². The zero-order valence-electron chi connectivity index (χ0n) is 7.86. The van der Waals surface area contributed by atoms with Crippen LogP contribution in [0.4, 0.5) is 0 Å². The molecule has 1 fully saturated rings. The topological polar surface area (TPSA) is 59.0 Å². The lowest BCUT2D eigenvalue weighted by Crippen LogP contribution is -2.17. The third-order valence-electron chi connectivity index (χ3n) is 2.84. The predicted octanol–water partition coefficient (Wildman–Crippen LogP) is 1.48. The minimum absolute atomic E-state index is 0.128. The number of hydrogen-bond acceptors (Lipinski definition) is 3. The highest BCUT2D eigenvalue weighted by molar-refractivity contribution is 5.37. The third-order valence-corrected chi connectivity index (χ3v) is 2.84. The summed E-state index contributed by atoms with van der Waals surface area (Å²) >= 11 is 0. The Morgan fingerprint density at radius 1 is 1.36 bits per heavy atom. The van der Waals surface area contributed by atoms with Gasteiger partial charge in [-0.05, 0) is 30.5 Å². The molecule has 0 saturated heterocycles. The average molecular weight is 188 g/mol. The molecule has 1 saturated carbocycles. The lowest BCUT2D eigenvalue weighted by molar-refractivity contribution is 0.116. The molecule has 0 radical (unpaired) electrons. The molecular formula is C11H12N2O. The molecule has 3 heteroatoms. The highest BCUT2D eigenvalue weighted by atomic mass is 16.6. The Morgan fingerprint density at radius 3 is 2.43 bits per heavy atom. The molecule has 0 aliphatic heterocycles. The van der Waals surface area contributed by atoms with Crippen molar-refractivity contribution in [1.29, 1.82) is 5.26 Å². The number of nitrogens with zero attached hydrogens (tertiary/aromatic N) is 1. The first-order chi connectivity index (χ1) is 6.80. The van der Waals surface area contributed by atoms with Crippen molar-refractivity contribution >= 4 is 0 Å². The Morgan fingerprint density at radius 2 is 2.00 bits per heavy atom. The molecule has 1 aliphatic carbocycles. The largest absolute Gasteiger partial charge is 0.304 e. The standard InChI is InChI=1S/C11H12N2O/c12-7-9-1-3-10(4-2-9)11(5-6-11)8-14-13/h1-4H,5-6,8,13H2. The fourth-order valence-electron chi connectivity index (χ4n) is 1.73. The Hall–Kier alpha value is -1.37. The molecule has 1 aliphatic rings. The lowest BCUT2D eigenvalue weighted by Gasteiger charge is -2.13. The molecule has 2 N–H and O–H groups in total. The smallest absolute Gasteiger partial charge is 0.0991 e. The second kappa shape index (κ2) is 3.41. The first-order valence-electron chi connectivity index (χ1n) is 4.63. The summed E-state index contributed by atoms with van der Waals surface area (Å²) in [7, 11) is 0. The maximum atomic E-state index is 8.66. The molecule has 0 bridgehead atoms. The van der Waals surface area contributed by atoms with Crippen LogP contribution in [0, 0.1) is 11.3 Å². The number of benzene rings is 1. The first-order valence-corrected chi connectivity index (χ1v) is 4.63. The van der Waals surface area contributed by atoms with E-state index in [1.165, 1.54) is 5.56 Å². The first kappa shape index (κ1) is 9.20. The Bertz CT molecular complexity index is 360. The Kier molecular flexibility index (Phi) is 2.24. The summed E-state index contributed by atoms with van der Waals surface area (Å²) in [6.45, 7) is 0.568. The van der Waals surface area contributed by atoms with Gasteiger partial charge in [0, 0.05) is 5.41 Å². The summed E-state index contributed by atoms with van der Waals surface area (Å²) in [6.07, 6.45) is 2.24. The lowest BCUT2D eigenvalue weighted by atomic mass is 9.96. The third kappa shape index (κ3) is 1.50. The molecule has 2 rings (SSSR count). The molecule has 14 heavy (non-hydrogen) atoms. The molecule has 72 valence electrons. The van der Waals surface area contributed by atoms with E-state index in [-0.39, 0.29) is 5.41 Å². The van der Waals surface area contributed by atoms with E-state index >= 15 is 0 Å². The molecule has 0 spiro atoms. The van der Waals surface area contributed by atoms with E-state index in [1.54, 1.807) is 0 Å². The Balaban J connectivity index is 2.21. The van der Waals surface area contributed by atoms with Crippen molar-refractivity contribution in [1.82, 2.24) is 0 Å². The maximum Gasteiger partial charge on any atom is 0.0991 e. The van der Waals surface area contributed by atoms with Gasteiger partial charge >= 0.3 is 0 Å². The van der Waals surface area contributed by atoms with Crippen molar-refractivity contribution in [3.05, 3.63) is 35.4 Å². The van der Waals surface area contributed by atoms with Crippen molar-refractivity contribution in [2.45, 2.75) is 18.3 Å². The van der Waals surface area contributed by atoms with Gasteiger partial charge in [0.1, 0.15) is 0 Å². The SMILES string of the molecule is N#Cc1ccc(C2(CON)CC2)cc1. The summed E-state index contributed by atoms with van der Waals surface area (Å²) < 4.78 is 0. The molecule has 0 atom stereocenters. The zero-order valence-corrected chi connectivity index (χ0v) is 7.86.